The maximum atomic E-state index is 4.50. The number of aromatic nitrogens is 3. The lowest BCUT2D eigenvalue weighted by molar-refractivity contribution is 1.20. The van der Waals surface area contributed by atoms with E-state index < -0.39 is 0 Å². The molecule has 0 aliphatic carbocycles. The zero-order valence-corrected chi connectivity index (χ0v) is 8.31. The predicted molar refractivity (Wildman–Crippen MR) is 60.0 cm³/mol. The molecule has 0 unspecified atom stereocenters. The number of imidazole rings is 1. The molecule has 15 heavy (non-hydrogen) atoms. The van der Waals surface area contributed by atoms with E-state index in [-0.39, 0.29) is 0 Å². The number of nitrogens with zero attached hydrogens (tertiary/aromatic N) is 3. The van der Waals surface area contributed by atoms with Gasteiger partial charge in [-0.2, -0.15) is 0 Å². The monoisotopic (exact) mass is 198 g/mol. The van der Waals surface area contributed by atoms with E-state index in [0.29, 0.717) is 0 Å². The van der Waals surface area contributed by atoms with Gasteiger partial charge in [0.1, 0.15) is 0 Å². The number of hydrogen-bond donors (Lipinski definition) is 1. The Morgan fingerprint density at radius 3 is 3.00 bits per heavy atom. The van der Waals surface area contributed by atoms with Crippen LogP contribution in [0.1, 0.15) is 0 Å². The van der Waals surface area contributed by atoms with E-state index in [1.54, 1.807) is 6.20 Å². The van der Waals surface area contributed by atoms with Crippen LogP contribution in [0, 0.1) is 0 Å². The van der Waals surface area contributed by atoms with E-state index >= 15 is 0 Å². The Balaban J connectivity index is 2.57. The van der Waals surface area contributed by atoms with Crippen molar-refractivity contribution in [2.45, 2.75) is 0 Å². The number of hydrogen-bond acceptors (Lipinski definition) is 3. The fourth-order valence-corrected chi connectivity index (χ4v) is 1.77. The molecule has 74 valence electrons. The third-order valence-corrected chi connectivity index (χ3v) is 2.46. The smallest absolute Gasteiger partial charge is 0.180 e. The summed E-state index contributed by atoms with van der Waals surface area (Å²) in [5.74, 6) is 0.804. The van der Waals surface area contributed by atoms with Gasteiger partial charge in [0.05, 0.1) is 11.0 Å². The first-order chi connectivity index (χ1) is 7.40. The summed E-state index contributed by atoms with van der Waals surface area (Å²) < 4.78 is 2.04. The largest absolute Gasteiger partial charge is 0.370 e. The third kappa shape index (κ3) is 1.08. The molecule has 2 aromatic heterocycles. The van der Waals surface area contributed by atoms with E-state index in [4.69, 9.17) is 0 Å². The summed E-state index contributed by atoms with van der Waals surface area (Å²) in [6, 6.07) is 8.02. The van der Waals surface area contributed by atoms with Crippen molar-refractivity contribution in [2.75, 3.05) is 12.4 Å². The first-order valence-electron chi connectivity index (χ1n) is 4.80. The van der Waals surface area contributed by atoms with Crippen LogP contribution in [0.2, 0.25) is 0 Å². The number of nitrogens with one attached hydrogen (secondary N) is 1. The van der Waals surface area contributed by atoms with Gasteiger partial charge in [-0.05, 0) is 12.1 Å². The molecule has 0 saturated carbocycles. The highest BCUT2D eigenvalue weighted by Crippen LogP contribution is 2.19. The van der Waals surface area contributed by atoms with Gasteiger partial charge in [-0.1, -0.05) is 12.1 Å². The summed E-state index contributed by atoms with van der Waals surface area (Å²) in [5.41, 5.74) is 2.90. The molecular formula is C11H10N4. The van der Waals surface area contributed by atoms with Gasteiger partial charge in [-0.25, -0.2) is 9.97 Å². The highest BCUT2D eigenvalue weighted by Gasteiger charge is 2.06. The third-order valence-electron chi connectivity index (χ3n) is 2.46. The van der Waals surface area contributed by atoms with Crippen molar-refractivity contribution >= 4 is 22.5 Å². The molecule has 0 radical (unpaired) electrons. The molecule has 2 heterocycles. The van der Waals surface area contributed by atoms with Gasteiger partial charge in [0.15, 0.2) is 11.5 Å². The average molecular weight is 198 g/mol. The molecule has 4 nitrogen and oxygen atoms in total. The summed E-state index contributed by atoms with van der Waals surface area (Å²) in [4.78, 5) is 8.78. The van der Waals surface area contributed by atoms with Crippen LogP contribution in [-0.2, 0) is 0 Å². The lowest BCUT2D eigenvalue weighted by Gasteiger charge is -2.05. The van der Waals surface area contributed by atoms with Crippen molar-refractivity contribution in [1.82, 2.24) is 14.4 Å². The van der Waals surface area contributed by atoms with E-state index in [1.165, 1.54) is 0 Å². The second kappa shape index (κ2) is 2.95. The van der Waals surface area contributed by atoms with E-state index in [2.05, 4.69) is 15.3 Å². The van der Waals surface area contributed by atoms with Gasteiger partial charge in [-0.3, -0.25) is 4.40 Å². The molecule has 0 aliphatic heterocycles. The molecule has 0 saturated heterocycles. The van der Waals surface area contributed by atoms with E-state index in [0.717, 1.165) is 22.5 Å². The van der Waals surface area contributed by atoms with Crippen LogP contribution in [0.4, 0.5) is 5.82 Å². The van der Waals surface area contributed by atoms with Gasteiger partial charge in [0.2, 0.25) is 0 Å². The van der Waals surface area contributed by atoms with Gasteiger partial charge in [0, 0.05) is 19.4 Å². The quantitative estimate of drug-likeness (QED) is 0.649. The average Bonchev–Trinajstić information content (AvgIpc) is 2.77. The Kier molecular flexibility index (Phi) is 1.62. The van der Waals surface area contributed by atoms with Crippen molar-refractivity contribution in [3.05, 3.63) is 36.7 Å². The number of fused-ring (bicyclic) bond motifs is 3. The standard InChI is InChI=1S/C11H10N4/c1-12-10-11-13-6-7-15(11)9-5-3-2-4-8(9)14-10/h2-7H,1H3,(H,12,14). The molecular weight excluding hydrogens is 188 g/mol. The van der Waals surface area contributed by atoms with Crippen LogP contribution in [0.25, 0.3) is 16.7 Å². The lowest BCUT2D eigenvalue weighted by Crippen LogP contribution is -1.98. The van der Waals surface area contributed by atoms with Crippen LogP contribution < -0.4 is 5.32 Å². The number of para-hydroxylation sites is 2. The second-order valence-corrected chi connectivity index (χ2v) is 3.32. The SMILES string of the molecule is CNc1nc2ccccc2n2ccnc12. The Labute approximate surface area is 86.6 Å². The molecule has 3 aromatic rings. The van der Waals surface area contributed by atoms with Gasteiger partial charge < -0.3 is 5.32 Å². The Hall–Kier alpha value is -2.10. The molecule has 4 heteroatoms. The predicted octanol–water partition coefficient (Wildman–Crippen LogP) is 1.92. The molecule has 0 aliphatic rings. The minimum absolute atomic E-state index is 0.804. The molecule has 1 N–H and O–H groups in total. The molecule has 0 fully saturated rings. The number of benzene rings is 1. The Bertz CT molecular complexity index is 627. The summed E-state index contributed by atoms with van der Waals surface area (Å²) in [6.07, 6.45) is 3.73. The summed E-state index contributed by atoms with van der Waals surface area (Å²) in [6.45, 7) is 0. The van der Waals surface area contributed by atoms with Crippen LogP contribution in [0.5, 0.6) is 0 Å². The van der Waals surface area contributed by atoms with Crippen molar-refractivity contribution in [3.63, 3.8) is 0 Å². The maximum Gasteiger partial charge on any atom is 0.180 e. The second-order valence-electron chi connectivity index (χ2n) is 3.32. The highest BCUT2D eigenvalue weighted by molar-refractivity contribution is 5.82. The van der Waals surface area contributed by atoms with Crippen molar-refractivity contribution < 1.29 is 0 Å². The topological polar surface area (TPSA) is 42.2 Å². The van der Waals surface area contributed by atoms with Gasteiger partial charge >= 0.3 is 0 Å². The van der Waals surface area contributed by atoms with Gasteiger partial charge in [0.25, 0.3) is 0 Å². The van der Waals surface area contributed by atoms with Crippen LogP contribution in [0.3, 0.4) is 0 Å². The highest BCUT2D eigenvalue weighted by atomic mass is 15.1. The molecule has 0 amide bonds. The molecule has 1 aromatic carbocycles. The Morgan fingerprint density at radius 2 is 2.13 bits per heavy atom. The van der Waals surface area contributed by atoms with E-state index in [1.807, 2.05) is 41.9 Å². The first kappa shape index (κ1) is 8.23. The first-order valence-corrected chi connectivity index (χ1v) is 4.80. The minimum Gasteiger partial charge on any atom is -0.370 e. The minimum atomic E-state index is 0.804. The van der Waals surface area contributed by atoms with Gasteiger partial charge in [-0.15, -0.1) is 0 Å². The maximum absolute atomic E-state index is 4.50. The van der Waals surface area contributed by atoms with Crippen LogP contribution in [-0.4, -0.2) is 21.4 Å². The summed E-state index contributed by atoms with van der Waals surface area (Å²) in [7, 11) is 1.85. The molecule has 3 rings (SSSR count). The molecule has 0 spiro atoms. The van der Waals surface area contributed by atoms with Crippen molar-refractivity contribution in [3.8, 4) is 0 Å². The van der Waals surface area contributed by atoms with Crippen LogP contribution >= 0.6 is 0 Å². The molecule has 0 atom stereocenters. The number of anilines is 1. The zero-order chi connectivity index (χ0) is 10.3. The van der Waals surface area contributed by atoms with Crippen molar-refractivity contribution in [1.29, 1.82) is 0 Å². The number of rotatable bonds is 1. The normalized spacial score (nSPS) is 11.0. The zero-order valence-electron chi connectivity index (χ0n) is 8.31. The van der Waals surface area contributed by atoms with Crippen LogP contribution in [0.15, 0.2) is 36.7 Å². The summed E-state index contributed by atoms with van der Waals surface area (Å²) in [5, 5.41) is 3.05. The fraction of sp³-hybridized carbons (Fsp3) is 0.0909. The van der Waals surface area contributed by atoms with Crippen molar-refractivity contribution in [2.24, 2.45) is 0 Å². The molecule has 0 bridgehead atoms. The van der Waals surface area contributed by atoms with E-state index in [9.17, 15) is 0 Å². The fourth-order valence-electron chi connectivity index (χ4n) is 1.77. The lowest BCUT2D eigenvalue weighted by atomic mass is 10.3. The Morgan fingerprint density at radius 1 is 1.27 bits per heavy atom. The summed E-state index contributed by atoms with van der Waals surface area (Å²) >= 11 is 0.